The molecule has 1 unspecified atom stereocenters. The second kappa shape index (κ2) is 7.70. The number of rotatable bonds is 4. The molecule has 0 saturated heterocycles. The fourth-order valence-electron chi connectivity index (χ4n) is 5.08. The van der Waals surface area contributed by atoms with Crippen molar-refractivity contribution in [3.8, 4) is 0 Å². The van der Waals surface area contributed by atoms with Gasteiger partial charge in [0.05, 0.1) is 11.5 Å². The maximum atomic E-state index is 12.3. The Labute approximate surface area is 148 Å². The molecule has 2 fully saturated rings. The van der Waals surface area contributed by atoms with Crippen LogP contribution in [0.2, 0.25) is 0 Å². The van der Waals surface area contributed by atoms with Gasteiger partial charge in [-0.1, -0.05) is 53.2 Å². The fourth-order valence-corrected chi connectivity index (χ4v) is 5.08. The van der Waals surface area contributed by atoms with Crippen molar-refractivity contribution >= 4 is 18.7 Å². The number of aldehydes is 1. The van der Waals surface area contributed by atoms with Crippen molar-refractivity contribution in [2.45, 2.75) is 72.8 Å². The van der Waals surface area contributed by atoms with Crippen molar-refractivity contribution in [2.75, 3.05) is 0 Å². The van der Waals surface area contributed by atoms with E-state index in [0.717, 1.165) is 38.4 Å². The predicted molar refractivity (Wildman–Crippen MR) is 98.7 cm³/mol. The molecular weight excluding hydrogens is 308 g/mol. The highest BCUT2D eigenvalue weighted by molar-refractivity contribution is 5.85. The highest BCUT2D eigenvalue weighted by atomic mass is 35.5. The molecule has 0 amide bonds. The van der Waals surface area contributed by atoms with Crippen LogP contribution in [0.5, 0.6) is 0 Å². The highest BCUT2D eigenvalue weighted by Crippen LogP contribution is 2.60. The van der Waals surface area contributed by atoms with Gasteiger partial charge in [0.2, 0.25) is 0 Å². The van der Waals surface area contributed by atoms with Gasteiger partial charge in [-0.15, -0.1) is 12.4 Å². The molecule has 6 atom stereocenters. The van der Waals surface area contributed by atoms with Gasteiger partial charge in [-0.25, -0.2) is 0 Å². The van der Waals surface area contributed by atoms with Crippen molar-refractivity contribution < 1.29 is 9.90 Å². The van der Waals surface area contributed by atoms with E-state index >= 15 is 0 Å². The van der Waals surface area contributed by atoms with Gasteiger partial charge >= 0.3 is 0 Å². The Morgan fingerprint density at radius 2 is 1.91 bits per heavy atom. The molecule has 0 spiro atoms. The summed E-state index contributed by atoms with van der Waals surface area (Å²) in [5.74, 6) is 1.46. The number of carbonyl (C=O) groups excluding carboxylic acids is 1. The topological polar surface area (TPSA) is 37.3 Å². The maximum absolute atomic E-state index is 12.3. The fraction of sp³-hybridized carbons (Fsp3) is 0.850. The third-order valence-electron chi connectivity index (χ3n) is 6.78. The van der Waals surface area contributed by atoms with Crippen LogP contribution in [0.4, 0.5) is 0 Å². The number of allylic oxidation sites excluding steroid dienone is 2. The molecule has 1 N–H and O–H groups in total. The SMILES string of the molecule is CC[C@@H](C)/C=C\[C@H]1[C@@H](C)CC[C@H]2C(C)(C)CCC(O)[C@]12C=O.Cl. The summed E-state index contributed by atoms with van der Waals surface area (Å²) in [6, 6.07) is 0. The van der Waals surface area contributed by atoms with E-state index in [1.54, 1.807) is 0 Å². The van der Waals surface area contributed by atoms with Crippen LogP contribution in [0.15, 0.2) is 12.2 Å². The Bertz CT molecular complexity index is 431. The summed E-state index contributed by atoms with van der Waals surface area (Å²) in [7, 11) is 0. The molecule has 0 bridgehead atoms. The minimum Gasteiger partial charge on any atom is -0.392 e. The Balaban J connectivity index is 0.00000264. The number of hydrogen-bond acceptors (Lipinski definition) is 2. The van der Waals surface area contributed by atoms with Crippen LogP contribution >= 0.6 is 12.4 Å². The van der Waals surface area contributed by atoms with E-state index in [2.05, 4.69) is 46.8 Å². The molecule has 0 aromatic heterocycles. The zero-order valence-electron chi connectivity index (χ0n) is 15.4. The van der Waals surface area contributed by atoms with E-state index in [1.165, 1.54) is 0 Å². The van der Waals surface area contributed by atoms with E-state index in [1.807, 2.05) is 0 Å². The second-order valence-electron chi connectivity index (χ2n) is 8.56. The van der Waals surface area contributed by atoms with Crippen LogP contribution in [0.1, 0.15) is 66.7 Å². The lowest BCUT2D eigenvalue weighted by Crippen LogP contribution is -2.60. The van der Waals surface area contributed by atoms with E-state index < -0.39 is 11.5 Å². The number of carbonyl (C=O) groups is 1. The number of fused-ring (bicyclic) bond motifs is 1. The molecule has 134 valence electrons. The largest absolute Gasteiger partial charge is 0.392 e. The second-order valence-corrected chi connectivity index (χ2v) is 8.56. The van der Waals surface area contributed by atoms with Crippen LogP contribution in [0.3, 0.4) is 0 Å². The number of aliphatic hydroxyl groups is 1. The third kappa shape index (κ3) is 3.54. The molecule has 2 nitrogen and oxygen atoms in total. The van der Waals surface area contributed by atoms with Crippen LogP contribution < -0.4 is 0 Å². The van der Waals surface area contributed by atoms with Gasteiger partial charge in [-0.2, -0.15) is 0 Å². The molecule has 0 aromatic carbocycles. The molecule has 2 saturated carbocycles. The summed E-state index contributed by atoms with van der Waals surface area (Å²) >= 11 is 0. The van der Waals surface area contributed by atoms with Crippen molar-refractivity contribution in [3.63, 3.8) is 0 Å². The van der Waals surface area contributed by atoms with Gasteiger partial charge < -0.3 is 9.90 Å². The highest BCUT2D eigenvalue weighted by Gasteiger charge is 2.60. The van der Waals surface area contributed by atoms with Gasteiger partial charge in [0, 0.05) is 0 Å². The van der Waals surface area contributed by atoms with Gasteiger partial charge in [0.25, 0.3) is 0 Å². The summed E-state index contributed by atoms with van der Waals surface area (Å²) in [6.45, 7) is 11.2. The maximum Gasteiger partial charge on any atom is 0.129 e. The van der Waals surface area contributed by atoms with Crippen LogP contribution in [-0.4, -0.2) is 17.5 Å². The number of aliphatic hydroxyl groups excluding tert-OH is 1. The van der Waals surface area contributed by atoms with Crippen molar-refractivity contribution in [2.24, 2.45) is 34.5 Å². The zero-order chi connectivity index (χ0) is 16.5. The first-order valence-electron chi connectivity index (χ1n) is 9.12. The molecule has 0 aromatic rings. The first-order chi connectivity index (χ1) is 10.3. The molecule has 23 heavy (non-hydrogen) atoms. The minimum atomic E-state index is -0.580. The van der Waals surface area contributed by atoms with Gasteiger partial charge in [0.1, 0.15) is 6.29 Å². The molecule has 2 rings (SSSR count). The predicted octanol–water partition coefficient (Wildman–Crippen LogP) is 5.04. The smallest absolute Gasteiger partial charge is 0.129 e. The lowest BCUT2D eigenvalue weighted by Gasteiger charge is -2.59. The van der Waals surface area contributed by atoms with E-state index in [0.29, 0.717) is 17.8 Å². The number of hydrogen-bond donors (Lipinski definition) is 1. The van der Waals surface area contributed by atoms with Gasteiger partial charge in [-0.3, -0.25) is 0 Å². The van der Waals surface area contributed by atoms with E-state index in [4.69, 9.17) is 0 Å². The van der Waals surface area contributed by atoms with Crippen LogP contribution in [-0.2, 0) is 4.79 Å². The quantitative estimate of drug-likeness (QED) is 0.574. The summed E-state index contributed by atoms with van der Waals surface area (Å²) in [5.41, 5.74) is -0.438. The van der Waals surface area contributed by atoms with E-state index in [9.17, 15) is 9.90 Å². The van der Waals surface area contributed by atoms with Gasteiger partial charge in [0.15, 0.2) is 0 Å². The molecule has 3 heteroatoms. The van der Waals surface area contributed by atoms with Crippen LogP contribution in [0.25, 0.3) is 0 Å². The normalized spacial score (nSPS) is 41.0. The summed E-state index contributed by atoms with van der Waals surface area (Å²) in [6.07, 6.45) is 10.3. The molecular formula is C20H35ClO2. The minimum absolute atomic E-state index is 0. The average molecular weight is 343 g/mol. The Morgan fingerprint density at radius 1 is 1.26 bits per heavy atom. The lowest BCUT2D eigenvalue weighted by molar-refractivity contribution is -0.169. The molecule has 0 radical (unpaired) electrons. The Hall–Kier alpha value is -0.340. The number of halogens is 1. The van der Waals surface area contributed by atoms with Gasteiger partial charge in [-0.05, 0) is 54.8 Å². The third-order valence-corrected chi connectivity index (χ3v) is 6.78. The Kier molecular flexibility index (Phi) is 6.93. The molecule has 2 aliphatic rings. The molecule has 0 heterocycles. The monoisotopic (exact) mass is 342 g/mol. The summed E-state index contributed by atoms with van der Waals surface area (Å²) < 4.78 is 0. The first kappa shape index (κ1) is 20.7. The lowest BCUT2D eigenvalue weighted by atomic mass is 9.45. The average Bonchev–Trinajstić information content (AvgIpc) is 2.49. The van der Waals surface area contributed by atoms with E-state index in [-0.39, 0.29) is 23.7 Å². The van der Waals surface area contributed by atoms with Crippen molar-refractivity contribution in [1.29, 1.82) is 0 Å². The zero-order valence-corrected chi connectivity index (χ0v) is 16.2. The van der Waals surface area contributed by atoms with Crippen molar-refractivity contribution in [3.05, 3.63) is 12.2 Å². The summed E-state index contributed by atoms with van der Waals surface area (Å²) in [5, 5.41) is 10.8. The Morgan fingerprint density at radius 3 is 2.48 bits per heavy atom. The summed E-state index contributed by atoms with van der Waals surface area (Å²) in [4.78, 5) is 12.3. The van der Waals surface area contributed by atoms with Crippen LogP contribution in [0, 0.1) is 34.5 Å². The molecule has 2 aliphatic carbocycles. The molecule has 0 aliphatic heterocycles. The standard InChI is InChI=1S/C20H34O2.ClH/c1-6-14(2)7-9-16-15(3)8-10-17-19(4,5)12-11-18(22)20(16,17)13-21;/h7,9,13-18,22H,6,8,10-12H2,1-5H3;1H/b9-7-;/t14-,15+,16+,17+,18?,20-;/m1./s1. The first-order valence-corrected chi connectivity index (χ1v) is 9.12. The van der Waals surface area contributed by atoms with Crippen molar-refractivity contribution in [1.82, 2.24) is 0 Å².